The van der Waals surface area contributed by atoms with Crippen LogP contribution < -0.4 is 0 Å². The number of likely N-dealkylation sites (tertiary alicyclic amines) is 1. The molecule has 2 unspecified atom stereocenters. The lowest BCUT2D eigenvalue weighted by Gasteiger charge is -2.24. The van der Waals surface area contributed by atoms with Crippen molar-refractivity contribution in [2.45, 2.75) is 31.4 Å². The Labute approximate surface area is 131 Å². The largest absolute Gasteiger partial charge is 0.465 e. The standard InChI is InChI=1S/C15H17F2NO5/c1-2-23-14(20)13(19)12-5-9(7-18(12)15(21)22)8-3-10(16)6-11(17)4-8/h3-4,6,9,12-13,19H,2,5,7H2,1H3,(H,21,22)/t9-,12?,13?/m1/s1. The molecule has 3 atom stereocenters. The molecule has 2 N–H and O–H groups in total. The minimum absolute atomic E-state index is 0.0498. The Balaban J connectivity index is 2.23. The molecular formula is C15H17F2NO5. The zero-order valence-corrected chi connectivity index (χ0v) is 12.4. The summed E-state index contributed by atoms with van der Waals surface area (Å²) < 4.78 is 31.4. The molecule has 2 rings (SSSR count). The number of carboxylic acid groups (broad SMARTS) is 1. The Bertz CT molecular complexity index is 589. The maximum atomic E-state index is 13.3. The number of aliphatic hydroxyl groups excluding tert-OH is 1. The van der Waals surface area contributed by atoms with Gasteiger partial charge in [0, 0.05) is 18.5 Å². The third-order valence-corrected chi connectivity index (χ3v) is 3.84. The highest BCUT2D eigenvalue weighted by molar-refractivity contribution is 5.77. The van der Waals surface area contributed by atoms with Crippen molar-refractivity contribution in [2.75, 3.05) is 13.2 Å². The van der Waals surface area contributed by atoms with Crippen LogP contribution in [0.25, 0.3) is 0 Å². The number of esters is 1. The van der Waals surface area contributed by atoms with Crippen LogP contribution in [-0.4, -0.2) is 52.5 Å². The fourth-order valence-electron chi connectivity index (χ4n) is 2.82. The average molecular weight is 329 g/mol. The zero-order chi connectivity index (χ0) is 17.1. The molecule has 1 saturated heterocycles. The van der Waals surface area contributed by atoms with Crippen LogP contribution in [0, 0.1) is 11.6 Å². The summed E-state index contributed by atoms with van der Waals surface area (Å²) in [4.78, 5) is 23.9. The van der Waals surface area contributed by atoms with E-state index in [0.717, 1.165) is 23.1 Å². The predicted octanol–water partition coefficient (Wildman–Crippen LogP) is 1.72. The number of aliphatic hydroxyl groups is 1. The summed E-state index contributed by atoms with van der Waals surface area (Å²) in [5, 5.41) is 19.2. The van der Waals surface area contributed by atoms with Crippen molar-refractivity contribution in [3.8, 4) is 0 Å². The molecule has 6 nitrogen and oxygen atoms in total. The molecule has 126 valence electrons. The first-order valence-electron chi connectivity index (χ1n) is 7.13. The van der Waals surface area contributed by atoms with E-state index in [4.69, 9.17) is 4.74 Å². The fraction of sp³-hybridized carbons (Fsp3) is 0.467. The molecule has 23 heavy (non-hydrogen) atoms. The number of nitrogens with zero attached hydrogens (tertiary/aromatic N) is 1. The molecule has 0 saturated carbocycles. The van der Waals surface area contributed by atoms with Crippen molar-refractivity contribution < 1.29 is 33.3 Å². The van der Waals surface area contributed by atoms with Gasteiger partial charge in [-0.05, 0) is 31.0 Å². The molecule has 1 aromatic carbocycles. The van der Waals surface area contributed by atoms with Crippen molar-refractivity contribution in [1.29, 1.82) is 0 Å². The number of benzene rings is 1. The monoisotopic (exact) mass is 329 g/mol. The van der Waals surface area contributed by atoms with Crippen molar-refractivity contribution in [3.63, 3.8) is 0 Å². The summed E-state index contributed by atoms with van der Waals surface area (Å²) in [6.45, 7) is 1.54. The zero-order valence-electron chi connectivity index (χ0n) is 12.4. The van der Waals surface area contributed by atoms with Crippen molar-refractivity contribution in [3.05, 3.63) is 35.4 Å². The van der Waals surface area contributed by atoms with Crippen molar-refractivity contribution in [1.82, 2.24) is 4.90 Å². The van der Waals surface area contributed by atoms with Crippen LogP contribution in [-0.2, 0) is 9.53 Å². The van der Waals surface area contributed by atoms with Gasteiger partial charge < -0.3 is 19.8 Å². The van der Waals surface area contributed by atoms with E-state index in [1.165, 1.54) is 0 Å². The third-order valence-electron chi connectivity index (χ3n) is 3.84. The van der Waals surface area contributed by atoms with Crippen molar-refractivity contribution in [2.24, 2.45) is 0 Å². The third kappa shape index (κ3) is 3.76. The summed E-state index contributed by atoms with van der Waals surface area (Å²) in [5.41, 5.74) is 0.285. The lowest BCUT2D eigenvalue weighted by Crippen LogP contribution is -2.46. The van der Waals surface area contributed by atoms with Crippen LogP contribution in [0.5, 0.6) is 0 Å². The average Bonchev–Trinajstić information content (AvgIpc) is 2.91. The molecule has 1 aliphatic rings. The first-order chi connectivity index (χ1) is 10.8. The quantitative estimate of drug-likeness (QED) is 0.822. The molecule has 1 aromatic rings. The van der Waals surface area contributed by atoms with Crippen LogP contribution in [0.15, 0.2) is 18.2 Å². The number of rotatable bonds is 4. The van der Waals surface area contributed by atoms with Gasteiger partial charge in [0.2, 0.25) is 0 Å². The molecule has 1 amide bonds. The van der Waals surface area contributed by atoms with Crippen LogP contribution in [0.3, 0.4) is 0 Å². The number of ether oxygens (including phenoxy) is 1. The van der Waals surface area contributed by atoms with Gasteiger partial charge in [-0.3, -0.25) is 0 Å². The normalized spacial score (nSPS) is 22.0. The van der Waals surface area contributed by atoms with E-state index in [-0.39, 0.29) is 25.1 Å². The summed E-state index contributed by atoms with van der Waals surface area (Å²) in [6.07, 6.45) is -2.90. The van der Waals surface area contributed by atoms with Crippen molar-refractivity contribution >= 4 is 12.1 Å². The molecule has 0 aromatic heterocycles. The van der Waals surface area contributed by atoms with Gasteiger partial charge in [-0.2, -0.15) is 0 Å². The molecule has 0 spiro atoms. The predicted molar refractivity (Wildman–Crippen MR) is 74.9 cm³/mol. The second-order valence-electron chi connectivity index (χ2n) is 5.33. The topological polar surface area (TPSA) is 87.1 Å². The molecule has 1 heterocycles. The van der Waals surface area contributed by atoms with Gasteiger partial charge in [-0.15, -0.1) is 0 Å². The van der Waals surface area contributed by atoms with E-state index in [1.807, 2.05) is 0 Å². The number of amides is 1. The Kier molecular flexibility index (Phi) is 5.15. The number of hydrogen-bond donors (Lipinski definition) is 2. The number of halogens is 2. The molecule has 0 aliphatic carbocycles. The van der Waals surface area contributed by atoms with Gasteiger partial charge in [0.1, 0.15) is 11.6 Å². The second kappa shape index (κ2) is 6.91. The summed E-state index contributed by atoms with van der Waals surface area (Å²) in [5.74, 6) is -2.98. The highest BCUT2D eigenvalue weighted by Crippen LogP contribution is 2.34. The number of hydrogen-bond acceptors (Lipinski definition) is 4. The summed E-state index contributed by atoms with van der Waals surface area (Å²) in [6, 6.07) is 1.93. The molecule has 0 bridgehead atoms. The molecule has 1 aliphatic heterocycles. The van der Waals surface area contributed by atoms with Gasteiger partial charge in [0.25, 0.3) is 0 Å². The Hall–Kier alpha value is -2.22. The summed E-state index contributed by atoms with van der Waals surface area (Å²) in [7, 11) is 0. The fourth-order valence-corrected chi connectivity index (χ4v) is 2.82. The Morgan fingerprint density at radius 3 is 2.48 bits per heavy atom. The molecular weight excluding hydrogens is 312 g/mol. The van der Waals surface area contributed by atoms with Gasteiger partial charge in [0.15, 0.2) is 6.10 Å². The van der Waals surface area contributed by atoms with Gasteiger partial charge in [-0.25, -0.2) is 18.4 Å². The van der Waals surface area contributed by atoms with Crippen LogP contribution in [0.1, 0.15) is 24.8 Å². The van der Waals surface area contributed by atoms with E-state index in [2.05, 4.69) is 0 Å². The van der Waals surface area contributed by atoms with E-state index >= 15 is 0 Å². The SMILES string of the molecule is CCOC(=O)C(O)C1C[C@@H](c2cc(F)cc(F)c2)CN1C(=O)O. The summed E-state index contributed by atoms with van der Waals surface area (Å²) >= 11 is 0. The Morgan fingerprint density at radius 2 is 1.96 bits per heavy atom. The molecule has 0 radical (unpaired) electrons. The first kappa shape index (κ1) is 17.1. The maximum Gasteiger partial charge on any atom is 0.407 e. The first-order valence-corrected chi connectivity index (χ1v) is 7.13. The molecule has 8 heteroatoms. The highest BCUT2D eigenvalue weighted by Gasteiger charge is 2.43. The van der Waals surface area contributed by atoms with Gasteiger partial charge >= 0.3 is 12.1 Å². The molecule has 1 fully saturated rings. The number of carbonyl (C=O) groups excluding carboxylic acids is 1. The smallest absolute Gasteiger partial charge is 0.407 e. The van der Waals surface area contributed by atoms with E-state index in [9.17, 15) is 28.6 Å². The minimum Gasteiger partial charge on any atom is -0.465 e. The highest BCUT2D eigenvalue weighted by atomic mass is 19.1. The lowest BCUT2D eigenvalue weighted by atomic mass is 9.94. The maximum absolute atomic E-state index is 13.3. The van der Waals surface area contributed by atoms with Crippen LogP contribution in [0.4, 0.5) is 13.6 Å². The van der Waals surface area contributed by atoms with Crippen LogP contribution >= 0.6 is 0 Å². The minimum atomic E-state index is -1.64. The van der Waals surface area contributed by atoms with E-state index < -0.39 is 41.8 Å². The van der Waals surface area contributed by atoms with Gasteiger partial charge in [0.05, 0.1) is 12.6 Å². The number of carbonyl (C=O) groups is 2. The lowest BCUT2D eigenvalue weighted by molar-refractivity contribution is -0.155. The van der Waals surface area contributed by atoms with Gasteiger partial charge in [-0.1, -0.05) is 0 Å². The van der Waals surface area contributed by atoms with E-state index in [1.54, 1.807) is 6.92 Å². The Morgan fingerprint density at radius 1 is 1.35 bits per heavy atom. The van der Waals surface area contributed by atoms with Crippen LogP contribution in [0.2, 0.25) is 0 Å². The second-order valence-corrected chi connectivity index (χ2v) is 5.33. The van der Waals surface area contributed by atoms with E-state index in [0.29, 0.717) is 0 Å².